The van der Waals surface area contributed by atoms with Gasteiger partial charge in [-0.1, -0.05) is 18.2 Å². The lowest BCUT2D eigenvalue weighted by atomic mass is 10.3. The Balaban J connectivity index is 1.76. The van der Waals surface area contributed by atoms with Crippen molar-refractivity contribution in [3.63, 3.8) is 0 Å². The molecule has 0 fully saturated rings. The molecule has 0 saturated heterocycles. The summed E-state index contributed by atoms with van der Waals surface area (Å²) < 4.78 is 3.86. The number of aryl methyl sites for hydroxylation is 1. The predicted octanol–water partition coefficient (Wildman–Crippen LogP) is 1.39. The summed E-state index contributed by atoms with van der Waals surface area (Å²) in [5.74, 6) is 0. The molecule has 6 nitrogen and oxygen atoms in total. The van der Waals surface area contributed by atoms with Gasteiger partial charge in [-0.25, -0.2) is 9.67 Å². The van der Waals surface area contributed by atoms with Crippen molar-refractivity contribution in [3.8, 4) is 0 Å². The van der Waals surface area contributed by atoms with Crippen LogP contribution in [0.3, 0.4) is 0 Å². The Hall–Kier alpha value is -2.21. The van der Waals surface area contributed by atoms with Crippen LogP contribution in [0.15, 0.2) is 30.7 Å². The molecule has 0 bridgehead atoms. The molecule has 0 unspecified atom stereocenters. The van der Waals surface area contributed by atoms with Crippen LogP contribution in [0.5, 0.6) is 0 Å². The highest BCUT2D eigenvalue weighted by Crippen LogP contribution is 2.08. The average molecular weight is 270 g/mol. The van der Waals surface area contributed by atoms with E-state index in [4.69, 9.17) is 0 Å². The van der Waals surface area contributed by atoms with Gasteiger partial charge in [0.2, 0.25) is 0 Å². The topological polar surface area (TPSA) is 60.0 Å². The fourth-order valence-electron chi connectivity index (χ4n) is 2.15. The van der Waals surface area contributed by atoms with Crippen LogP contribution in [0.4, 0.5) is 0 Å². The Labute approximate surface area is 117 Å². The third-order valence-electron chi connectivity index (χ3n) is 3.12. The zero-order valence-corrected chi connectivity index (χ0v) is 11.7. The molecule has 0 aliphatic rings. The molecule has 0 spiro atoms. The van der Waals surface area contributed by atoms with Crippen molar-refractivity contribution in [1.82, 2.24) is 29.7 Å². The molecule has 3 heterocycles. The number of imidazole rings is 1. The molecule has 0 aliphatic heterocycles. The summed E-state index contributed by atoms with van der Waals surface area (Å²) in [6.45, 7) is 6.46. The van der Waals surface area contributed by atoms with Crippen molar-refractivity contribution in [2.75, 3.05) is 6.54 Å². The van der Waals surface area contributed by atoms with Crippen LogP contribution in [0, 0.1) is 6.92 Å². The van der Waals surface area contributed by atoms with Crippen LogP contribution in [0.2, 0.25) is 0 Å². The van der Waals surface area contributed by atoms with Crippen molar-refractivity contribution in [1.29, 1.82) is 0 Å². The summed E-state index contributed by atoms with van der Waals surface area (Å²) >= 11 is 0. The highest BCUT2D eigenvalue weighted by atomic mass is 15.4. The molecule has 0 aromatic carbocycles. The molecule has 20 heavy (non-hydrogen) atoms. The maximum atomic E-state index is 4.58. The lowest BCUT2D eigenvalue weighted by Crippen LogP contribution is -2.11. The summed E-state index contributed by atoms with van der Waals surface area (Å²) in [6.07, 6.45) is 6.07. The number of hydrogen-bond acceptors (Lipinski definition) is 4. The summed E-state index contributed by atoms with van der Waals surface area (Å²) in [4.78, 5) is 4.58. The minimum absolute atomic E-state index is 0.639. The second-order valence-electron chi connectivity index (χ2n) is 4.89. The largest absolute Gasteiger partial charge is 0.311 e. The fraction of sp³-hybridized carbons (Fsp3) is 0.357. The number of rotatable bonds is 5. The minimum Gasteiger partial charge on any atom is -0.311 e. The van der Waals surface area contributed by atoms with E-state index in [9.17, 15) is 0 Å². The van der Waals surface area contributed by atoms with Gasteiger partial charge in [0.05, 0.1) is 24.1 Å². The zero-order chi connectivity index (χ0) is 13.9. The highest BCUT2D eigenvalue weighted by molar-refractivity contribution is 5.41. The van der Waals surface area contributed by atoms with Gasteiger partial charge in [-0.2, -0.15) is 0 Å². The van der Waals surface area contributed by atoms with Crippen molar-refractivity contribution in [2.24, 2.45) is 0 Å². The molecule has 0 amide bonds. The van der Waals surface area contributed by atoms with Crippen LogP contribution in [-0.4, -0.2) is 30.9 Å². The van der Waals surface area contributed by atoms with Crippen LogP contribution in [0.1, 0.15) is 23.9 Å². The SMILES string of the molecule is CCNCc1cn(Cc2cn3cc(C)ccc3n2)nn1. The van der Waals surface area contributed by atoms with Crippen LogP contribution < -0.4 is 5.32 Å². The Kier molecular flexibility index (Phi) is 3.47. The first-order valence-electron chi connectivity index (χ1n) is 6.78. The predicted molar refractivity (Wildman–Crippen MR) is 76.4 cm³/mol. The van der Waals surface area contributed by atoms with Gasteiger partial charge < -0.3 is 9.72 Å². The van der Waals surface area contributed by atoms with E-state index in [2.05, 4.69) is 46.7 Å². The highest BCUT2D eigenvalue weighted by Gasteiger charge is 2.05. The Morgan fingerprint density at radius 3 is 2.90 bits per heavy atom. The van der Waals surface area contributed by atoms with Crippen LogP contribution in [0.25, 0.3) is 5.65 Å². The molecule has 3 aromatic rings. The second kappa shape index (κ2) is 5.42. The Bertz CT molecular complexity index is 711. The lowest BCUT2D eigenvalue weighted by molar-refractivity contribution is 0.639. The van der Waals surface area contributed by atoms with Crippen molar-refractivity contribution in [3.05, 3.63) is 47.7 Å². The monoisotopic (exact) mass is 270 g/mol. The standard InChI is InChI=1S/C14H18N6/c1-3-15-6-12-9-20(18-17-12)10-13-8-19-7-11(2)4-5-14(19)16-13/h4-5,7-9,15H,3,6,10H2,1-2H3. The first-order valence-corrected chi connectivity index (χ1v) is 6.78. The Morgan fingerprint density at radius 2 is 2.05 bits per heavy atom. The number of pyridine rings is 1. The molecule has 3 aromatic heterocycles. The third kappa shape index (κ3) is 2.70. The fourth-order valence-corrected chi connectivity index (χ4v) is 2.15. The number of fused-ring (bicyclic) bond motifs is 1. The maximum Gasteiger partial charge on any atom is 0.137 e. The molecule has 0 aliphatic carbocycles. The first-order chi connectivity index (χ1) is 9.74. The summed E-state index contributed by atoms with van der Waals surface area (Å²) in [6, 6.07) is 4.09. The van der Waals surface area contributed by atoms with Gasteiger partial charge in [-0.15, -0.1) is 5.10 Å². The number of nitrogens with zero attached hydrogens (tertiary/aromatic N) is 5. The van der Waals surface area contributed by atoms with Gasteiger partial charge in [0, 0.05) is 18.9 Å². The van der Waals surface area contributed by atoms with Crippen LogP contribution in [-0.2, 0) is 13.1 Å². The van der Waals surface area contributed by atoms with Gasteiger partial charge in [0.15, 0.2) is 0 Å². The smallest absolute Gasteiger partial charge is 0.137 e. The molecule has 104 valence electrons. The number of aromatic nitrogens is 5. The summed E-state index contributed by atoms with van der Waals surface area (Å²) in [5, 5.41) is 11.5. The molecule has 1 N–H and O–H groups in total. The van der Waals surface area contributed by atoms with Gasteiger partial charge in [-0.05, 0) is 25.1 Å². The van der Waals surface area contributed by atoms with Crippen LogP contribution >= 0.6 is 0 Å². The number of nitrogens with one attached hydrogen (secondary N) is 1. The van der Waals surface area contributed by atoms with Crippen molar-refractivity contribution in [2.45, 2.75) is 26.9 Å². The number of hydrogen-bond donors (Lipinski definition) is 1. The zero-order valence-electron chi connectivity index (χ0n) is 11.7. The molecule has 0 saturated carbocycles. The molecule has 3 rings (SSSR count). The molecular weight excluding hydrogens is 252 g/mol. The molecular formula is C14H18N6. The third-order valence-corrected chi connectivity index (χ3v) is 3.12. The summed E-state index contributed by atoms with van der Waals surface area (Å²) in [5.41, 5.74) is 4.11. The van der Waals surface area contributed by atoms with E-state index in [1.54, 1.807) is 0 Å². The quantitative estimate of drug-likeness (QED) is 0.761. The minimum atomic E-state index is 0.639. The molecule has 0 radical (unpaired) electrons. The van der Waals surface area contributed by atoms with Gasteiger partial charge in [-0.3, -0.25) is 0 Å². The average Bonchev–Trinajstić information content (AvgIpc) is 3.02. The van der Waals surface area contributed by atoms with E-state index in [0.29, 0.717) is 6.54 Å². The molecule has 6 heteroatoms. The second-order valence-corrected chi connectivity index (χ2v) is 4.89. The summed E-state index contributed by atoms with van der Waals surface area (Å²) in [7, 11) is 0. The van der Waals surface area contributed by atoms with E-state index in [1.165, 1.54) is 5.56 Å². The van der Waals surface area contributed by atoms with Gasteiger partial charge >= 0.3 is 0 Å². The van der Waals surface area contributed by atoms with Crippen molar-refractivity contribution < 1.29 is 0 Å². The Morgan fingerprint density at radius 1 is 1.15 bits per heavy atom. The van der Waals surface area contributed by atoms with E-state index in [-0.39, 0.29) is 0 Å². The molecule has 0 atom stereocenters. The van der Waals surface area contributed by atoms with E-state index >= 15 is 0 Å². The van der Waals surface area contributed by atoms with Gasteiger partial charge in [0.25, 0.3) is 0 Å². The van der Waals surface area contributed by atoms with E-state index in [1.807, 2.05) is 27.5 Å². The lowest BCUT2D eigenvalue weighted by Gasteiger charge is -1.95. The van der Waals surface area contributed by atoms with Gasteiger partial charge in [0.1, 0.15) is 5.65 Å². The first kappa shape index (κ1) is 12.8. The normalized spacial score (nSPS) is 11.3. The van der Waals surface area contributed by atoms with E-state index < -0.39 is 0 Å². The van der Waals surface area contributed by atoms with E-state index in [0.717, 1.165) is 30.1 Å². The maximum absolute atomic E-state index is 4.58. The van der Waals surface area contributed by atoms with Crippen molar-refractivity contribution >= 4 is 5.65 Å².